The molecule has 0 spiro atoms. The highest BCUT2D eigenvalue weighted by Gasteiger charge is 2.30. The summed E-state index contributed by atoms with van der Waals surface area (Å²) in [4.78, 5) is 15.3. The largest absolute Gasteiger partial charge is 0.372 e. The second kappa shape index (κ2) is 9.41. The number of nitrogens with one attached hydrogen (secondary N) is 1. The second-order valence-corrected chi connectivity index (χ2v) is 9.57. The van der Waals surface area contributed by atoms with E-state index in [1.54, 1.807) is 24.3 Å². The number of rotatable bonds is 7. The number of anilines is 1. The van der Waals surface area contributed by atoms with Gasteiger partial charge in [-0.3, -0.25) is 4.79 Å². The zero-order valence-electron chi connectivity index (χ0n) is 17.0. The van der Waals surface area contributed by atoms with Crippen LogP contribution in [-0.4, -0.2) is 45.0 Å². The molecule has 0 aromatic heterocycles. The quantitative estimate of drug-likeness (QED) is 0.755. The van der Waals surface area contributed by atoms with Crippen LogP contribution in [0.1, 0.15) is 36.4 Å². The predicted octanol–water partition coefficient (Wildman–Crippen LogP) is 2.93. The summed E-state index contributed by atoms with van der Waals surface area (Å²) < 4.78 is 25.2. The topological polar surface area (TPSA) is 69.7 Å². The highest BCUT2D eigenvalue weighted by Crippen LogP contribution is 2.23. The van der Waals surface area contributed by atoms with Crippen molar-refractivity contribution in [3.8, 4) is 0 Å². The van der Waals surface area contributed by atoms with Crippen LogP contribution in [0, 0.1) is 0 Å². The maximum Gasteiger partial charge on any atom is 0.243 e. The van der Waals surface area contributed by atoms with Gasteiger partial charge in [0.15, 0.2) is 0 Å². The third-order valence-corrected chi connectivity index (χ3v) is 6.63. The third kappa shape index (κ3) is 5.58. The third-order valence-electron chi connectivity index (χ3n) is 5.37. The lowest BCUT2D eigenvalue weighted by Crippen LogP contribution is -2.41. The van der Waals surface area contributed by atoms with Gasteiger partial charge in [0.25, 0.3) is 0 Å². The van der Waals surface area contributed by atoms with Crippen LogP contribution in [0.3, 0.4) is 0 Å². The van der Waals surface area contributed by atoms with Crippen molar-refractivity contribution in [2.75, 3.05) is 31.3 Å². The summed E-state index contributed by atoms with van der Waals surface area (Å²) in [6, 6.07) is 16.3. The van der Waals surface area contributed by atoms with Crippen molar-refractivity contribution >= 4 is 21.6 Å². The number of carbonyl (C=O) groups excluding carboxylic acids is 1. The van der Waals surface area contributed by atoms with Gasteiger partial charge >= 0.3 is 0 Å². The smallest absolute Gasteiger partial charge is 0.243 e. The molecule has 1 amide bonds. The molecule has 0 unspecified atom stereocenters. The van der Waals surface area contributed by atoms with Crippen molar-refractivity contribution < 1.29 is 13.2 Å². The molecule has 7 heteroatoms. The van der Waals surface area contributed by atoms with Crippen LogP contribution < -0.4 is 10.2 Å². The highest BCUT2D eigenvalue weighted by atomic mass is 32.2. The van der Waals surface area contributed by atoms with Gasteiger partial charge in [-0.25, -0.2) is 8.42 Å². The standard InChI is InChI=1S/C22H29N3O3S/c1-24(29(2,27)28)21(19-9-5-3-6-10-19)22(26)23-17-18-11-13-20(14-12-18)25-15-7-4-8-16-25/h3,5-6,9-14,21H,4,7-8,15-17H2,1-2H3,(H,23,26)/t21-/m1/s1. The number of likely N-dealkylation sites (N-methyl/N-ethyl adjacent to an activating group) is 1. The lowest BCUT2D eigenvalue weighted by molar-refractivity contribution is -0.124. The van der Waals surface area contributed by atoms with Crippen LogP contribution in [0.15, 0.2) is 54.6 Å². The minimum atomic E-state index is -3.53. The van der Waals surface area contributed by atoms with Crippen LogP contribution in [0.2, 0.25) is 0 Å². The van der Waals surface area contributed by atoms with Crippen molar-refractivity contribution in [2.24, 2.45) is 0 Å². The Hall–Kier alpha value is -2.38. The molecule has 6 nitrogen and oxygen atoms in total. The fourth-order valence-corrected chi connectivity index (χ4v) is 4.22. The van der Waals surface area contributed by atoms with E-state index >= 15 is 0 Å². The van der Waals surface area contributed by atoms with Gasteiger partial charge in [-0.2, -0.15) is 4.31 Å². The van der Waals surface area contributed by atoms with E-state index in [1.165, 1.54) is 32.0 Å². The van der Waals surface area contributed by atoms with E-state index in [0.29, 0.717) is 12.1 Å². The first-order valence-corrected chi connectivity index (χ1v) is 11.8. The van der Waals surface area contributed by atoms with E-state index < -0.39 is 16.1 Å². The Bertz CT molecular complexity index is 908. The van der Waals surface area contributed by atoms with Gasteiger partial charge in [-0.15, -0.1) is 0 Å². The van der Waals surface area contributed by atoms with Crippen molar-refractivity contribution in [3.63, 3.8) is 0 Å². The molecule has 1 heterocycles. The van der Waals surface area contributed by atoms with Gasteiger partial charge in [-0.05, 0) is 42.5 Å². The van der Waals surface area contributed by atoms with E-state index in [9.17, 15) is 13.2 Å². The number of piperidine rings is 1. The molecule has 0 aliphatic carbocycles. The Morgan fingerprint density at radius 3 is 2.24 bits per heavy atom. The van der Waals surface area contributed by atoms with Crippen molar-refractivity contribution in [2.45, 2.75) is 31.8 Å². The van der Waals surface area contributed by atoms with Gasteiger partial charge in [0.1, 0.15) is 6.04 Å². The minimum absolute atomic E-state index is 0.343. The summed E-state index contributed by atoms with van der Waals surface area (Å²) in [6.45, 7) is 2.53. The molecule has 29 heavy (non-hydrogen) atoms. The number of nitrogens with zero attached hydrogens (tertiary/aromatic N) is 2. The normalized spacial score (nSPS) is 15.9. The molecule has 1 aliphatic heterocycles. The summed E-state index contributed by atoms with van der Waals surface area (Å²) in [5, 5.41) is 2.89. The fraction of sp³-hybridized carbons (Fsp3) is 0.409. The molecule has 1 N–H and O–H groups in total. The summed E-state index contributed by atoms with van der Waals surface area (Å²) in [7, 11) is -2.10. The summed E-state index contributed by atoms with van der Waals surface area (Å²) >= 11 is 0. The minimum Gasteiger partial charge on any atom is -0.372 e. The summed E-state index contributed by atoms with van der Waals surface area (Å²) in [6.07, 6.45) is 4.86. The fourth-order valence-electron chi connectivity index (χ4n) is 3.62. The molecule has 0 bridgehead atoms. The predicted molar refractivity (Wildman–Crippen MR) is 116 cm³/mol. The van der Waals surface area contributed by atoms with Gasteiger partial charge in [-0.1, -0.05) is 42.5 Å². The number of amides is 1. The van der Waals surface area contributed by atoms with E-state index in [-0.39, 0.29) is 5.91 Å². The van der Waals surface area contributed by atoms with Crippen molar-refractivity contribution in [1.29, 1.82) is 0 Å². The molecular formula is C22H29N3O3S. The number of sulfonamides is 1. The Balaban J connectivity index is 1.68. The Kier molecular flexibility index (Phi) is 6.92. The van der Waals surface area contributed by atoms with Crippen molar-refractivity contribution in [3.05, 3.63) is 65.7 Å². The molecule has 0 radical (unpaired) electrons. The van der Waals surface area contributed by atoms with Gasteiger partial charge in [0.2, 0.25) is 15.9 Å². The van der Waals surface area contributed by atoms with E-state index in [1.807, 2.05) is 18.2 Å². The molecule has 0 saturated carbocycles. The van der Waals surface area contributed by atoms with Gasteiger partial charge in [0, 0.05) is 32.4 Å². The SMILES string of the molecule is CN([C@@H](C(=O)NCc1ccc(N2CCCCC2)cc1)c1ccccc1)S(C)(=O)=O. The van der Waals surface area contributed by atoms with Crippen LogP contribution in [0.5, 0.6) is 0 Å². The number of hydrogen-bond acceptors (Lipinski definition) is 4. The van der Waals surface area contributed by atoms with E-state index in [2.05, 4.69) is 22.3 Å². The number of benzene rings is 2. The summed E-state index contributed by atoms with van der Waals surface area (Å²) in [5.74, 6) is -0.343. The molecule has 1 fully saturated rings. The van der Waals surface area contributed by atoms with Gasteiger partial charge < -0.3 is 10.2 Å². The molecular weight excluding hydrogens is 386 g/mol. The Morgan fingerprint density at radius 1 is 1.03 bits per heavy atom. The molecule has 3 rings (SSSR count). The molecule has 1 aliphatic rings. The highest BCUT2D eigenvalue weighted by molar-refractivity contribution is 7.88. The Morgan fingerprint density at radius 2 is 1.66 bits per heavy atom. The van der Waals surface area contributed by atoms with Crippen molar-refractivity contribution in [1.82, 2.24) is 9.62 Å². The lowest BCUT2D eigenvalue weighted by Gasteiger charge is -2.29. The first kappa shape index (κ1) is 21.3. The molecule has 2 aromatic rings. The monoisotopic (exact) mass is 415 g/mol. The maximum atomic E-state index is 12.9. The number of hydrogen-bond donors (Lipinski definition) is 1. The van der Waals surface area contributed by atoms with Crippen LogP contribution >= 0.6 is 0 Å². The average molecular weight is 416 g/mol. The first-order valence-electron chi connectivity index (χ1n) is 9.96. The second-order valence-electron chi connectivity index (χ2n) is 7.52. The molecule has 1 saturated heterocycles. The van der Waals surface area contributed by atoms with E-state index in [0.717, 1.165) is 29.2 Å². The molecule has 156 valence electrons. The zero-order chi connectivity index (χ0) is 20.9. The van der Waals surface area contributed by atoms with Crippen LogP contribution in [0.25, 0.3) is 0 Å². The van der Waals surface area contributed by atoms with Crippen LogP contribution in [0.4, 0.5) is 5.69 Å². The maximum absolute atomic E-state index is 12.9. The van der Waals surface area contributed by atoms with Crippen LogP contribution in [-0.2, 0) is 21.4 Å². The molecule has 2 aromatic carbocycles. The summed E-state index contributed by atoms with van der Waals surface area (Å²) in [5.41, 5.74) is 2.82. The number of carbonyl (C=O) groups is 1. The first-order chi connectivity index (χ1) is 13.9. The average Bonchev–Trinajstić information content (AvgIpc) is 2.73. The Labute approximate surface area is 173 Å². The van der Waals surface area contributed by atoms with E-state index in [4.69, 9.17) is 0 Å². The van der Waals surface area contributed by atoms with Gasteiger partial charge in [0.05, 0.1) is 6.26 Å². The lowest BCUT2D eigenvalue weighted by atomic mass is 10.1. The molecule has 1 atom stereocenters. The zero-order valence-corrected chi connectivity index (χ0v) is 17.9.